The van der Waals surface area contributed by atoms with Gasteiger partial charge in [0.05, 0.1) is 11.9 Å². The standard InChI is InChI=1S/C8H17N5/c1-12(2)4-3-5-13-8(10)7(9)6-11-13/h6H,3-5,9-10H2,1-2H3. The van der Waals surface area contributed by atoms with E-state index in [0.717, 1.165) is 19.5 Å². The third-order valence-corrected chi connectivity index (χ3v) is 1.89. The highest BCUT2D eigenvalue weighted by molar-refractivity contribution is 5.56. The average molecular weight is 183 g/mol. The van der Waals surface area contributed by atoms with Crippen molar-refractivity contribution in [2.45, 2.75) is 13.0 Å². The summed E-state index contributed by atoms with van der Waals surface area (Å²) in [6.45, 7) is 1.85. The van der Waals surface area contributed by atoms with Crippen molar-refractivity contribution in [2.24, 2.45) is 0 Å². The van der Waals surface area contributed by atoms with Gasteiger partial charge in [0, 0.05) is 6.54 Å². The molecule has 0 unspecified atom stereocenters. The quantitative estimate of drug-likeness (QED) is 0.689. The zero-order valence-electron chi connectivity index (χ0n) is 8.20. The van der Waals surface area contributed by atoms with Gasteiger partial charge < -0.3 is 16.4 Å². The molecule has 13 heavy (non-hydrogen) atoms. The van der Waals surface area contributed by atoms with E-state index >= 15 is 0 Å². The molecular formula is C8H17N5. The molecule has 1 aromatic rings. The van der Waals surface area contributed by atoms with Crippen LogP contribution in [0.5, 0.6) is 0 Å². The minimum atomic E-state index is 0.560. The molecule has 1 heterocycles. The first-order valence-corrected chi connectivity index (χ1v) is 4.32. The Bertz CT molecular complexity index is 265. The van der Waals surface area contributed by atoms with Crippen molar-refractivity contribution in [3.05, 3.63) is 6.20 Å². The van der Waals surface area contributed by atoms with Crippen molar-refractivity contribution in [1.29, 1.82) is 0 Å². The molecule has 0 aromatic carbocycles. The van der Waals surface area contributed by atoms with E-state index in [2.05, 4.69) is 10.00 Å². The van der Waals surface area contributed by atoms with Crippen LogP contribution < -0.4 is 11.5 Å². The predicted octanol–water partition coefficient (Wildman–Crippen LogP) is -0.000800. The predicted molar refractivity (Wildman–Crippen MR) is 54.2 cm³/mol. The number of nitrogen functional groups attached to an aromatic ring is 2. The summed E-state index contributed by atoms with van der Waals surface area (Å²) in [4.78, 5) is 2.13. The third-order valence-electron chi connectivity index (χ3n) is 1.89. The fourth-order valence-electron chi connectivity index (χ4n) is 1.12. The van der Waals surface area contributed by atoms with Gasteiger partial charge in [0.15, 0.2) is 0 Å². The highest BCUT2D eigenvalue weighted by atomic mass is 15.3. The van der Waals surface area contributed by atoms with Gasteiger partial charge >= 0.3 is 0 Å². The van der Waals surface area contributed by atoms with Gasteiger partial charge in [-0.2, -0.15) is 5.10 Å². The van der Waals surface area contributed by atoms with Crippen molar-refractivity contribution >= 4 is 11.5 Å². The molecule has 0 atom stereocenters. The minimum Gasteiger partial charge on any atom is -0.394 e. The summed E-state index contributed by atoms with van der Waals surface area (Å²) in [6.07, 6.45) is 2.61. The van der Waals surface area contributed by atoms with E-state index in [-0.39, 0.29) is 0 Å². The number of hydrogen-bond donors (Lipinski definition) is 2. The molecule has 0 fully saturated rings. The molecule has 1 aromatic heterocycles. The van der Waals surface area contributed by atoms with Gasteiger partial charge in [-0.15, -0.1) is 0 Å². The van der Waals surface area contributed by atoms with Crippen molar-refractivity contribution < 1.29 is 0 Å². The van der Waals surface area contributed by atoms with Gasteiger partial charge in [-0.05, 0) is 27.1 Å². The number of anilines is 2. The first kappa shape index (κ1) is 9.85. The van der Waals surface area contributed by atoms with Gasteiger partial charge in [-0.25, -0.2) is 4.68 Å². The normalized spacial score (nSPS) is 11.0. The minimum absolute atomic E-state index is 0.560. The van der Waals surface area contributed by atoms with Crippen molar-refractivity contribution in [3.63, 3.8) is 0 Å². The molecule has 0 spiro atoms. The van der Waals surface area contributed by atoms with E-state index in [0.29, 0.717) is 11.5 Å². The molecule has 0 bridgehead atoms. The van der Waals surface area contributed by atoms with Crippen molar-refractivity contribution in [2.75, 3.05) is 32.1 Å². The highest BCUT2D eigenvalue weighted by Crippen LogP contribution is 2.12. The van der Waals surface area contributed by atoms with Gasteiger partial charge in [0.2, 0.25) is 0 Å². The SMILES string of the molecule is CN(C)CCCn1ncc(N)c1N. The Morgan fingerprint density at radius 1 is 1.46 bits per heavy atom. The topological polar surface area (TPSA) is 73.1 Å². The van der Waals surface area contributed by atoms with Gasteiger partial charge in [-0.3, -0.25) is 0 Å². The summed E-state index contributed by atoms with van der Waals surface area (Å²) in [5.41, 5.74) is 11.8. The van der Waals surface area contributed by atoms with Crippen LogP contribution >= 0.6 is 0 Å². The number of aromatic nitrogens is 2. The van der Waals surface area contributed by atoms with E-state index < -0.39 is 0 Å². The van der Waals surface area contributed by atoms with Crippen LogP contribution in [0.2, 0.25) is 0 Å². The van der Waals surface area contributed by atoms with E-state index in [1.165, 1.54) is 0 Å². The molecule has 5 heteroatoms. The first-order chi connectivity index (χ1) is 6.11. The Morgan fingerprint density at radius 3 is 2.62 bits per heavy atom. The van der Waals surface area contributed by atoms with Gasteiger partial charge in [-0.1, -0.05) is 0 Å². The maximum Gasteiger partial charge on any atom is 0.145 e. The van der Waals surface area contributed by atoms with Crippen LogP contribution in [0.1, 0.15) is 6.42 Å². The lowest BCUT2D eigenvalue weighted by molar-refractivity contribution is 0.381. The van der Waals surface area contributed by atoms with Crippen LogP contribution in [0.25, 0.3) is 0 Å². The van der Waals surface area contributed by atoms with Crippen LogP contribution in [0, 0.1) is 0 Å². The molecular weight excluding hydrogens is 166 g/mol. The summed E-state index contributed by atoms with van der Waals surface area (Å²) in [7, 11) is 4.08. The van der Waals surface area contributed by atoms with E-state index in [9.17, 15) is 0 Å². The zero-order chi connectivity index (χ0) is 9.84. The molecule has 74 valence electrons. The molecule has 0 saturated carbocycles. The Labute approximate surface area is 78.3 Å². The van der Waals surface area contributed by atoms with Crippen molar-refractivity contribution in [1.82, 2.24) is 14.7 Å². The molecule has 4 N–H and O–H groups in total. The second kappa shape index (κ2) is 4.13. The number of nitrogens with two attached hydrogens (primary N) is 2. The second-order valence-electron chi connectivity index (χ2n) is 3.37. The Hall–Kier alpha value is -1.23. The maximum absolute atomic E-state index is 5.68. The van der Waals surface area contributed by atoms with E-state index in [4.69, 9.17) is 11.5 Å². The maximum atomic E-state index is 5.68. The van der Waals surface area contributed by atoms with Crippen LogP contribution in [0.3, 0.4) is 0 Å². The molecule has 0 aliphatic heterocycles. The zero-order valence-corrected chi connectivity index (χ0v) is 8.20. The molecule has 0 aliphatic carbocycles. The lowest BCUT2D eigenvalue weighted by atomic mass is 10.4. The summed E-state index contributed by atoms with van der Waals surface area (Å²) in [5.74, 6) is 0.568. The number of rotatable bonds is 4. The summed E-state index contributed by atoms with van der Waals surface area (Å²) >= 11 is 0. The molecule has 5 nitrogen and oxygen atoms in total. The number of hydrogen-bond acceptors (Lipinski definition) is 4. The van der Waals surface area contributed by atoms with Crippen LogP contribution in [-0.4, -0.2) is 35.3 Å². The average Bonchev–Trinajstić information content (AvgIpc) is 2.35. The fraction of sp³-hybridized carbons (Fsp3) is 0.625. The summed E-state index contributed by atoms with van der Waals surface area (Å²) in [5, 5.41) is 4.06. The Kier molecular flexibility index (Phi) is 3.13. The summed E-state index contributed by atoms with van der Waals surface area (Å²) < 4.78 is 1.73. The lowest BCUT2D eigenvalue weighted by Gasteiger charge is -2.09. The first-order valence-electron chi connectivity index (χ1n) is 4.32. The number of nitrogens with zero attached hydrogens (tertiary/aromatic N) is 3. The molecule has 0 amide bonds. The molecule has 0 saturated heterocycles. The highest BCUT2D eigenvalue weighted by Gasteiger charge is 2.02. The van der Waals surface area contributed by atoms with E-state index in [1.54, 1.807) is 10.9 Å². The molecule has 0 radical (unpaired) electrons. The lowest BCUT2D eigenvalue weighted by Crippen LogP contribution is -2.16. The van der Waals surface area contributed by atoms with Gasteiger partial charge in [0.1, 0.15) is 5.82 Å². The monoisotopic (exact) mass is 183 g/mol. The largest absolute Gasteiger partial charge is 0.394 e. The Balaban J connectivity index is 2.41. The van der Waals surface area contributed by atoms with Crippen LogP contribution in [0.4, 0.5) is 11.5 Å². The van der Waals surface area contributed by atoms with Crippen LogP contribution in [-0.2, 0) is 6.54 Å². The molecule has 1 rings (SSSR count). The van der Waals surface area contributed by atoms with E-state index in [1.807, 2.05) is 14.1 Å². The Morgan fingerprint density at radius 2 is 2.15 bits per heavy atom. The third kappa shape index (κ3) is 2.62. The number of aryl methyl sites for hydroxylation is 1. The molecule has 0 aliphatic rings. The fourth-order valence-corrected chi connectivity index (χ4v) is 1.12. The van der Waals surface area contributed by atoms with Gasteiger partial charge in [0.25, 0.3) is 0 Å². The summed E-state index contributed by atoms with van der Waals surface area (Å²) in [6, 6.07) is 0. The van der Waals surface area contributed by atoms with Crippen molar-refractivity contribution in [3.8, 4) is 0 Å². The smallest absolute Gasteiger partial charge is 0.145 e. The van der Waals surface area contributed by atoms with Crippen LogP contribution in [0.15, 0.2) is 6.20 Å². The second-order valence-corrected chi connectivity index (χ2v) is 3.37.